The lowest BCUT2D eigenvalue weighted by Crippen LogP contribution is -2.01. The molecule has 0 aliphatic heterocycles. The zero-order valence-corrected chi connectivity index (χ0v) is 6.08. The lowest BCUT2D eigenvalue weighted by atomic mass is 10.8. The zero-order valence-electron chi connectivity index (χ0n) is 5.26. The Morgan fingerprint density at radius 1 is 1.75 bits per heavy atom. The minimum Gasteiger partial charge on any atom is -0.409 e. The van der Waals surface area contributed by atoms with E-state index in [-0.39, 0.29) is 0 Å². The first kappa shape index (κ1) is 7.62. The Hall–Kier alpha value is -0.380. The predicted octanol–water partition coefficient (Wildman–Crippen LogP) is 0.834. The van der Waals surface area contributed by atoms with Crippen LogP contribution in [0.5, 0.6) is 0 Å². The highest BCUT2D eigenvalue weighted by molar-refractivity contribution is 7.94. The standard InChI is InChI=1S/C4H10N2OS/c1-4(6-5-2)7-8-3/h5H,1-3H3. The molecule has 0 radical (unpaired) electrons. The van der Waals surface area contributed by atoms with Crippen molar-refractivity contribution < 1.29 is 4.18 Å². The average molecular weight is 134 g/mol. The Bertz CT molecular complexity index is 84.1. The van der Waals surface area contributed by atoms with Crippen LogP contribution in [0.2, 0.25) is 0 Å². The molecule has 3 nitrogen and oxygen atoms in total. The molecular weight excluding hydrogens is 124 g/mol. The average Bonchev–Trinajstić information content (AvgIpc) is 1.68. The van der Waals surface area contributed by atoms with Crippen molar-refractivity contribution in [2.24, 2.45) is 5.10 Å². The molecule has 4 heteroatoms. The molecule has 0 aromatic rings. The van der Waals surface area contributed by atoms with E-state index in [1.54, 1.807) is 14.0 Å². The maximum absolute atomic E-state index is 4.89. The number of hydrazone groups is 1. The van der Waals surface area contributed by atoms with Crippen LogP contribution in [-0.4, -0.2) is 19.2 Å². The Morgan fingerprint density at radius 3 is 2.75 bits per heavy atom. The molecule has 0 saturated heterocycles. The minimum atomic E-state index is 0.639. The molecule has 0 saturated carbocycles. The molecule has 0 aliphatic carbocycles. The Balaban J connectivity index is 3.29. The largest absolute Gasteiger partial charge is 0.409 e. The third-order valence-corrected chi connectivity index (χ3v) is 0.881. The lowest BCUT2D eigenvalue weighted by Gasteiger charge is -1.96. The number of nitrogens with zero attached hydrogens (tertiary/aromatic N) is 1. The predicted molar refractivity (Wildman–Crippen MR) is 36.8 cm³/mol. The van der Waals surface area contributed by atoms with Gasteiger partial charge in [-0.1, -0.05) is 0 Å². The number of hydrogen-bond donors (Lipinski definition) is 1. The minimum absolute atomic E-state index is 0.639. The SMILES string of the molecule is CNN=C(C)OSC. The Kier molecular flexibility index (Phi) is 4.54. The van der Waals surface area contributed by atoms with Crippen molar-refractivity contribution in [2.75, 3.05) is 13.3 Å². The van der Waals surface area contributed by atoms with Gasteiger partial charge in [-0.25, -0.2) is 0 Å². The second-order valence-electron chi connectivity index (χ2n) is 1.10. The highest BCUT2D eigenvalue weighted by atomic mass is 32.2. The molecule has 48 valence electrons. The third-order valence-electron chi connectivity index (χ3n) is 0.473. The van der Waals surface area contributed by atoms with Crippen molar-refractivity contribution in [3.63, 3.8) is 0 Å². The molecule has 0 atom stereocenters. The molecule has 0 spiro atoms. The van der Waals surface area contributed by atoms with Crippen LogP contribution < -0.4 is 5.43 Å². The van der Waals surface area contributed by atoms with E-state index in [2.05, 4.69) is 10.5 Å². The van der Waals surface area contributed by atoms with Crippen molar-refractivity contribution in [3.05, 3.63) is 0 Å². The van der Waals surface area contributed by atoms with Crippen molar-refractivity contribution in [1.29, 1.82) is 0 Å². The van der Waals surface area contributed by atoms with Crippen molar-refractivity contribution >= 4 is 17.9 Å². The highest BCUT2D eigenvalue weighted by Gasteiger charge is 1.84. The zero-order chi connectivity index (χ0) is 6.41. The van der Waals surface area contributed by atoms with E-state index < -0.39 is 0 Å². The van der Waals surface area contributed by atoms with Crippen LogP contribution in [-0.2, 0) is 4.18 Å². The van der Waals surface area contributed by atoms with E-state index in [9.17, 15) is 0 Å². The summed E-state index contributed by atoms with van der Waals surface area (Å²) < 4.78 is 4.89. The maximum Gasteiger partial charge on any atom is 0.217 e. The molecule has 0 aromatic carbocycles. The fourth-order valence-electron chi connectivity index (χ4n) is 0.297. The van der Waals surface area contributed by atoms with E-state index in [0.717, 1.165) is 0 Å². The first-order valence-corrected chi connectivity index (χ1v) is 3.38. The van der Waals surface area contributed by atoms with Gasteiger partial charge in [0.25, 0.3) is 0 Å². The molecule has 0 unspecified atom stereocenters. The van der Waals surface area contributed by atoms with E-state index in [0.29, 0.717) is 5.90 Å². The summed E-state index contributed by atoms with van der Waals surface area (Å²) in [5.41, 5.74) is 2.60. The van der Waals surface area contributed by atoms with Gasteiger partial charge in [0.1, 0.15) is 0 Å². The molecule has 0 aliphatic rings. The normalized spacial score (nSPS) is 11.1. The third kappa shape index (κ3) is 3.80. The second-order valence-corrected chi connectivity index (χ2v) is 1.60. The van der Waals surface area contributed by atoms with Gasteiger partial charge in [0, 0.05) is 20.2 Å². The van der Waals surface area contributed by atoms with E-state index >= 15 is 0 Å². The van der Waals surface area contributed by atoms with Crippen LogP contribution in [0.4, 0.5) is 0 Å². The molecule has 1 N–H and O–H groups in total. The van der Waals surface area contributed by atoms with Crippen LogP contribution in [0.15, 0.2) is 5.10 Å². The van der Waals surface area contributed by atoms with Gasteiger partial charge in [0.15, 0.2) is 0 Å². The molecular formula is C4H10N2OS. The first-order chi connectivity index (χ1) is 3.81. The molecule has 0 fully saturated rings. The summed E-state index contributed by atoms with van der Waals surface area (Å²) in [6, 6.07) is 0. The second kappa shape index (κ2) is 4.77. The molecule has 0 heterocycles. The molecule has 0 amide bonds. The number of rotatable bonds is 2. The Morgan fingerprint density at radius 2 is 2.38 bits per heavy atom. The van der Waals surface area contributed by atoms with E-state index in [1.165, 1.54) is 12.0 Å². The van der Waals surface area contributed by atoms with Crippen LogP contribution in [0, 0.1) is 0 Å². The summed E-state index contributed by atoms with van der Waals surface area (Å²) >= 11 is 1.28. The van der Waals surface area contributed by atoms with Gasteiger partial charge in [-0.2, -0.15) is 0 Å². The maximum atomic E-state index is 4.89. The van der Waals surface area contributed by atoms with Crippen molar-refractivity contribution in [2.45, 2.75) is 6.92 Å². The van der Waals surface area contributed by atoms with E-state index in [4.69, 9.17) is 4.18 Å². The van der Waals surface area contributed by atoms with Gasteiger partial charge >= 0.3 is 0 Å². The van der Waals surface area contributed by atoms with Crippen LogP contribution in [0.1, 0.15) is 6.92 Å². The first-order valence-electron chi connectivity index (χ1n) is 2.23. The van der Waals surface area contributed by atoms with Crippen LogP contribution in [0.25, 0.3) is 0 Å². The summed E-state index contributed by atoms with van der Waals surface area (Å²) in [4.78, 5) is 0. The quantitative estimate of drug-likeness (QED) is 0.263. The van der Waals surface area contributed by atoms with Crippen LogP contribution >= 0.6 is 12.0 Å². The topological polar surface area (TPSA) is 33.6 Å². The fourth-order valence-corrected chi connectivity index (χ4v) is 0.575. The lowest BCUT2D eigenvalue weighted by molar-refractivity contribution is 0.627. The molecule has 8 heavy (non-hydrogen) atoms. The summed E-state index contributed by atoms with van der Waals surface area (Å²) in [6.07, 6.45) is 1.84. The van der Waals surface area contributed by atoms with E-state index in [1.807, 2.05) is 6.26 Å². The number of hydrogen-bond acceptors (Lipinski definition) is 4. The van der Waals surface area contributed by atoms with Gasteiger partial charge < -0.3 is 9.61 Å². The van der Waals surface area contributed by atoms with Gasteiger partial charge in [-0.3, -0.25) is 0 Å². The van der Waals surface area contributed by atoms with Crippen molar-refractivity contribution in [1.82, 2.24) is 5.43 Å². The Labute approximate surface area is 53.7 Å². The van der Waals surface area contributed by atoms with Gasteiger partial charge in [-0.15, -0.1) is 5.10 Å². The van der Waals surface area contributed by atoms with Gasteiger partial charge in [0.05, 0.1) is 12.0 Å². The van der Waals surface area contributed by atoms with Gasteiger partial charge in [-0.05, 0) is 0 Å². The summed E-state index contributed by atoms with van der Waals surface area (Å²) in [6.45, 7) is 1.78. The van der Waals surface area contributed by atoms with Gasteiger partial charge in [0.2, 0.25) is 5.90 Å². The van der Waals surface area contributed by atoms with Crippen molar-refractivity contribution in [3.8, 4) is 0 Å². The smallest absolute Gasteiger partial charge is 0.217 e. The fraction of sp³-hybridized carbons (Fsp3) is 0.750. The summed E-state index contributed by atoms with van der Waals surface area (Å²) in [5.74, 6) is 0.639. The highest BCUT2D eigenvalue weighted by Crippen LogP contribution is 1.94. The number of nitrogens with one attached hydrogen (secondary N) is 1. The van der Waals surface area contributed by atoms with Crippen LogP contribution in [0.3, 0.4) is 0 Å². The summed E-state index contributed by atoms with van der Waals surface area (Å²) in [5, 5.41) is 3.74. The molecule has 0 rings (SSSR count). The molecule has 0 bridgehead atoms. The summed E-state index contributed by atoms with van der Waals surface area (Å²) in [7, 11) is 1.73. The monoisotopic (exact) mass is 134 g/mol. The molecule has 0 aromatic heterocycles.